The fourth-order valence-corrected chi connectivity index (χ4v) is 14.5. The van der Waals surface area contributed by atoms with Crippen LogP contribution in [0.5, 0.6) is 46.0 Å². The number of phenols is 3. The summed E-state index contributed by atoms with van der Waals surface area (Å²) in [4.78, 5) is 132. The van der Waals surface area contributed by atoms with Crippen molar-refractivity contribution in [1.82, 2.24) is 37.2 Å². The van der Waals surface area contributed by atoms with Gasteiger partial charge in [-0.25, -0.2) is 4.79 Å². The first-order valence-electron chi connectivity index (χ1n) is 36.6. The van der Waals surface area contributed by atoms with Gasteiger partial charge in [-0.15, -0.1) is 0 Å². The lowest BCUT2D eigenvalue weighted by atomic mass is 9.86. The molecular formula is C76H93Cl2N9O25. The van der Waals surface area contributed by atoms with Gasteiger partial charge in [-0.1, -0.05) is 101 Å². The van der Waals surface area contributed by atoms with Gasteiger partial charge in [-0.2, -0.15) is 0 Å². The molecule has 0 saturated carbocycles. The molecule has 606 valence electrons. The van der Waals surface area contributed by atoms with E-state index in [9.17, 15) is 74.7 Å². The number of aliphatic carboxylic acids is 1. The number of aliphatic hydroxyl groups is 5. The van der Waals surface area contributed by atoms with E-state index in [0.717, 1.165) is 98.8 Å². The highest BCUT2D eigenvalue weighted by Gasteiger charge is 2.53. The summed E-state index contributed by atoms with van der Waals surface area (Å²) in [5.74, 6) is -16.9. The van der Waals surface area contributed by atoms with Crippen LogP contribution in [0.15, 0.2) is 78.9 Å². The Hall–Kier alpha value is -9.69. The maximum atomic E-state index is 16.2. The van der Waals surface area contributed by atoms with Gasteiger partial charge in [0.25, 0.3) is 0 Å². The number of rotatable bonds is 22. The Morgan fingerprint density at radius 2 is 1.30 bits per heavy atom. The van der Waals surface area contributed by atoms with E-state index in [1.54, 1.807) is 0 Å². The first kappa shape index (κ1) is 84.8. The van der Waals surface area contributed by atoms with Gasteiger partial charge in [0.1, 0.15) is 83.4 Å². The average molecular weight is 1600 g/mol. The number of carboxylic acids is 1. The lowest BCUT2D eigenvalue weighted by Crippen LogP contribution is -2.65. The molecule has 11 bridgehead atoms. The minimum Gasteiger partial charge on any atom is -0.508 e. The summed E-state index contributed by atoms with van der Waals surface area (Å²) in [5, 5.41) is 121. The van der Waals surface area contributed by atoms with Crippen LogP contribution in [0.1, 0.15) is 163 Å². The molecule has 18 atom stereocenters. The van der Waals surface area contributed by atoms with Crippen LogP contribution in [0.2, 0.25) is 10.0 Å². The molecule has 112 heavy (non-hydrogen) atoms. The molecular weight excluding hydrogens is 1510 g/mol. The van der Waals surface area contributed by atoms with Crippen molar-refractivity contribution in [3.05, 3.63) is 117 Å². The monoisotopic (exact) mass is 1600 g/mol. The molecule has 7 aliphatic heterocycles. The predicted molar refractivity (Wildman–Crippen MR) is 396 cm³/mol. The van der Waals surface area contributed by atoms with Crippen LogP contribution in [0.25, 0.3) is 11.1 Å². The van der Waals surface area contributed by atoms with E-state index in [4.69, 9.17) is 67.8 Å². The van der Waals surface area contributed by atoms with Crippen molar-refractivity contribution >= 4 is 76.5 Å². The number of ether oxygens (including phenoxy) is 7. The Bertz CT molecular complexity index is 4360. The Kier molecular flexibility index (Phi) is 27.6. The van der Waals surface area contributed by atoms with Gasteiger partial charge < -0.3 is 128 Å². The number of carbonyl (C=O) groups is 9. The number of amides is 7. The molecule has 20 N–H and O–H groups in total. The van der Waals surface area contributed by atoms with Crippen molar-refractivity contribution < 1.29 is 122 Å². The normalized spacial score (nSPS) is 27.7. The number of aromatic hydroxyl groups is 3. The second-order valence-electron chi connectivity index (χ2n) is 29.0. The fraction of sp³-hybridized carbons (Fsp3) is 0.487. The second kappa shape index (κ2) is 36.4. The highest BCUT2D eigenvalue weighted by molar-refractivity contribution is 6.32. The summed E-state index contributed by atoms with van der Waals surface area (Å²) in [6.07, 6.45) is -12.8. The summed E-state index contributed by atoms with van der Waals surface area (Å²) in [6.45, 7) is 7.77. The summed E-state index contributed by atoms with van der Waals surface area (Å²) < 4.78 is 45.4. The lowest BCUT2D eigenvalue weighted by molar-refractivity contribution is -0.334. The zero-order valence-electron chi connectivity index (χ0n) is 61.9. The Balaban J connectivity index is 1.22. The van der Waals surface area contributed by atoms with E-state index in [1.807, 2.05) is 13.8 Å². The molecule has 0 radical (unpaired) electrons. The number of unbranched alkanes of at least 4 members (excludes halogenated alkanes) is 6. The summed E-state index contributed by atoms with van der Waals surface area (Å²) >= 11 is 14.3. The van der Waals surface area contributed by atoms with E-state index in [0.29, 0.717) is 12.8 Å². The van der Waals surface area contributed by atoms with Crippen LogP contribution in [-0.2, 0) is 62.1 Å². The van der Waals surface area contributed by atoms with Crippen molar-refractivity contribution in [3.8, 4) is 57.1 Å². The molecule has 7 amide bonds. The number of benzene rings is 5. The highest BCUT2D eigenvalue weighted by atomic mass is 35.5. The lowest BCUT2D eigenvalue weighted by Gasteiger charge is -2.47. The summed E-state index contributed by atoms with van der Waals surface area (Å²) in [5.41, 5.74) is 8.12. The molecule has 0 spiro atoms. The molecule has 7 aliphatic rings. The first-order valence-corrected chi connectivity index (χ1v) is 37.3. The predicted octanol–water partition coefficient (Wildman–Crippen LogP) is 3.80. The average Bonchev–Trinajstić information content (AvgIpc) is 0.767. The topological polar surface area (TPSA) is 537 Å². The Morgan fingerprint density at radius 3 is 1.90 bits per heavy atom. The van der Waals surface area contributed by atoms with Gasteiger partial charge in [0, 0.05) is 41.1 Å². The highest BCUT2D eigenvalue weighted by Crippen LogP contribution is 2.50. The van der Waals surface area contributed by atoms with Gasteiger partial charge in [0.05, 0.1) is 41.3 Å². The van der Waals surface area contributed by atoms with E-state index >= 15 is 14.4 Å². The molecule has 2 saturated heterocycles. The van der Waals surface area contributed by atoms with Crippen molar-refractivity contribution in [2.24, 2.45) is 17.4 Å². The van der Waals surface area contributed by atoms with Crippen LogP contribution < -0.4 is 62.9 Å². The molecule has 18 unspecified atom stereocenters. The quantitative estimate of drug-likeness (QED) is 0.0346. The van der Waals surface area contributed by atoms with Crippen molar-refractivity contribution in [2.75, 3.05) is 13.7 Å². The van der Waals surface area contributed by atoms with E-state index < -0.39 is 243 Å². The van der Waals surface area contributed by atoms with Crippen LogP contribution >= 0.6 is 23.2 Å². The number of primary amides is 1. The molecule has 5 aromatic rings. The van der Waals surface area contributed by atoms with Crippen molar-refractivity contribution in [2.45, 2.75) is 214 Å². The number of likely N-dealkylation sites (N-methyl/N-ethyl adjacent to an activating group) is 1. The van der Waals surface area contributed by atoms with Gasteiger partial charge in [0.15, 0.2) is 36.0 Å². The van der Waals surface area contributed by atoms with Crippen LogP contribution in [0, 0.1) is 5.92 Å². The maximum absolute atomic E-state index is 16.2. The number of esters is 1. The number of aliphatic hydroxyl groups excluding tert-OH is 5. The van der Waals surface area contributed by atoms with Gasteiger partial charge >= 0.3 is 11.9 Å². The van der Waals surface area contributed by atoms with Crippen LogP contribution in [-0.4, -0.2) is 192 Å². The number of halogens is 2. The van der Waals surface area contributed by atoms with E-state index in [1.165, 1.54) is 33.0 Å². The first-order chi connectivity index (χ1) is 53.1. The van der Waals surface area contributed by atoms with Crippen molar-refractivity contribution in [3.63, 3.8) is 0 Å². The number of hydrogen-bond acceptors (Lipinski definition) is 26. The molecule has 2 fully saturated rings. The summed E-state index contributed by atoms with van der Waals surface area (Å²) in [6, 6.07) is -0.688. The zero-order valence-corrected chi connectivity index (χ0v) is 63.4. The fourth-order valence-electron chi connectivity index (χ4n) is 14.1. The zero-order chi connectivity index (χ0) is 81.5. The largest absolute Gasteiger partial charge is 0.508 e. The smallest absolute Gasteiger partial charge is 0.330 e. The SMILES string of the molecule is CCCCCCCCCC(=O)OC1C(CO)OC(Oc2c3cc4cc2Oc2ccc(cc2Cl)C(O)C2NC(=O)C(NC(=O)C4NC(=O)C(CC(N)=O)NC(=O)C(NC(=O)C(CC(C)C)NC)C(O)c4ccc(c(Cl)c4)O3)c3ccc(O)c(c3)-c3c(O)cc(O)cc3C(C(=O)O)NC2=O)C(OC2CC(C)(N)C(O)C(C)O2)C1O. The van der Waals surface area contributed by atoms with Gasteiger partial charge in [-0.3, -0.25) is 38.4 Å². The third-order valence-corrected chi connectivity index (χ3v) is 20.6. The number of fused-ring (bicyclic) bond motifs is 15. The van der Waals surface area contributed by atoms with Crippen LogP contribution in [0.3, 0.4) is 0 Å². The Morgan fingerprint density at radius 1 is 0.696 bits per heavy atom. The third kappa shape index (κ3) is 19.5. The number of hydrogen-bond donors (Lipinski definition) is 18. The summed E-state index contributed by atoms with van der Waals surface area (Å²) in [7, 11) is 1.48. The minimum atomic E-state index is -2.37. The molecule has 36 heteroatoms. The molecule has 12 rings (SSSR count). The van der Waals surface area contributed by atoms with Gasteiger partial charge in [-0.05, 0) is 117 Å². The number of nitrogens with two attached hydrogens (primary N) is 2. The standard InChI is InChI=1S/C76H93Cl2N9O25/c1-7-8-9-10-11-12-13-14-53(93)110-65-51(31-88)109-75(66(63(65)96)111-54-30-76(5,80)67(97)33(4)106-54)112-64-49-25-37-26-50(64)108-48-20-17-36(24-42(48)78)62(95)60-73(103)85-58(74(104)105)40-27-38(89)28-46(91)55(40)39-22-34(15-18-45(39)90)56(70(100)87-60)84-71(101)57(37)83-69(99)44(29-52(79)92)82-72(102)59(86-68(98)43(81-6)21-32(2)3)61(94)35-16-19-47(107-49)41(77)23-35/h15-20,22-28,32-33,43-44,51,54,56-63,65-67,75,81,88-91,94-97H,7-14,21,29-31,80H2,1-6H3,(H2,79,92)(H,82,102)(H,83,99)(H,84,101)(H,85,103)(H,86,98)(H,87,100)(H,104,105). The maximum Gasteiger partial charge on any atom is 0.330 e. The molecule has 0 aromatic heterocycles. The van der Waals surface area contributed by atoms with E-state index in [2.05, 4.69) is 44.1 Å². The third-order valence-electron chi connectivity index (χ3n) is 20.0. The number of carbonyl (C=O) groups excluding carboxylic acids is 8. The molecule has 7 heterocycles. The Labute approximate surface area is 652 Å². The van der Waals surface area contributed by atoms with E-state index in [-0.39, 0.29) is 52.6 Å². The minimum absolute atomic E-state index is 0.107. The van der Waals surface area contributed by atoms with Gasteiger partial charge in [0.2, 0.25) is 53.4 Å². The molecule has 34 nitrogen and oxygen atoms in total. The number of carboxylic acid groups (broad SMARTS) is 1. The number of nitrogens with one attached hydrogen (secondary N) is 7. The second-order valence-corrected chi connectivity index (χ2v) is 29.9. The number of phenolic OH excluding ortho intramolecular Hbond substituents is 3. The van der Waals surface area contributed by atoms with Crippen molar-refractivity contribution in [1.29, 1.82) is 0 Å². The van der Waals surface area contributed by atoms with Crippen LogP contribution in [0.4, 0.5) is 0 Å². The molecule has 5 aromatic carbocycles. The molecule has 0 aliphatic carbocycles.